The molecule has 3 heteroatoms. The number of aliphatic hydroxyl groups is 1. The summed E-state index contributed by atoms with van der Waals surface area (Å²) < 4.78 is 4.84. The van der Waals surface area contributed by atoms with Crippen molar-refractivity contribution in [2.75, 3.05) is 7.11 Å². The number of carbonyl (C=O) groups excluding carboxylic acids is 1. The van der Waals surface area contributed by atoms with E-state index in [0.29, 0.717) is 17.3 Å². The molecule has 4 aliphatic rings. The summed E-state index contributed by atoms with van der Waals surface area (Å²) in [4.78, 5) is 11.5. The van der Waals surface area contributed by atoms with Crippen LogP contribution in [0.5, 0.6) is 0 Å². The van der Waals surface area contributed by atoms with Crippen LogP contribution in [0, 0.1) is 40.4 Å². The lowest BCUT2D eigenvalue weighted by Crippen LogP contribution is -2.55. The predicted octanol–water partition coefficient (Wildman–Crippen LogP) is 5.74. The SMILES string of the molecule is COC(=O)CCCC1CCC2C3CCC4C[C@@](C)(O)CCC4(C)C3CCC12C. The highest BCUT2D eigenvalue weighted by molar-refractivity contribution is 5.68. The fourth-order valence-electron chi connectivity index (χ4n) is 8.61. The van der Waals surface area contributed by atoms with E-state index in [4.69, 9.17) is 4.74 Å². The van der Waals surface area contributed by atoms with Gasteiger partial charge in [0.1, 0.15) is 0 Å². The molecule has 4 rings (SSSR count). The second kappa shape index (κ2) is 7.29. The summed E-state index contributed by atoms with van der Waals surface area (Å²) in [5.74, 6) is 4.11. The molecule has 0 aromatic rings. The highest BCUT2D eigenvalue weighted by atomic mass is 16.5. The lowest BCUT2D eigenvalue weighted by Gasteiger charge is -2.62. The average molecular weight is 391 g/mol. The summed E-state index contributed by atoms with van der Waals surface area (Å²) in [7, 11) is 1.50. The van der Waals surface area contributed by atoms with E-state index in [1.807, 2.05) is 0 Å². The van der Waals surface area contributed by atoms with Crippen LogP contribution >= 0.6 is 0 Å². The van der Waals surface area contributed by atoms with E-state index in [0.717, 1.165) is 48.9 Å². The molecule has 0 heterocycles. The standard InChI is InChI=1S/C25H42O3/c1-23(27)14-15-25(3)18(16-23)8-10-19-20-11-9-17(6-5-7-22(26)28-4)24(20,2)13-12-21(19)25/h17-21,27H,5-16H2,1-4H3/t17?,18?,19?,20?,21?,23-,24?,25?/m0/s1. The zero-order valence-electron chi connectivity index (χ0n) is 18.6. The van der Waals surface area contributed by atoms with Gasteiger partial charge in [0.2, 0.25) is 0 Å². The third-order valence-electron chi connectivity index (χ3n) is 10.3. The van der Waals surface area contributed by atoms with Crippen molar-refractivity contribution in [1.29, 1.82) is 0 Å². The molecular formula is C25H42O3. The van der Waals surface area contributed by atoms with E-state index in [9.17, 15) is 9.90 Å². The summed E-state index contributed by atoms with van der Waals surface area (Å²) in [6, 6.07) is 0. The Hall–Kier alpha value is -0.570. The molecular weight excluding hydrogens is 348 g/mol. The molecule has 28 heavy (non-hydrogen) atoms. The van der Waals surface area contributed by atoms with Gasteiger partial charge in [-0.05, 0) is 118 Å². The minimum Gasteiger partial charge on any atom is -0.469 e. The molecule has 0 aromatic carbocycles. The van der Waals surface area contributed by atoms with Crippen molar-refractivity contribution in [3.63, 3.8) is 0 Å². The summed E-state index contributed by atoms with van der Waals surface area (Å²) >= 11 is 0. The van der Waals surface area contributed by atoms with Crippen LogP contribution in [0.15, 0.2) is 0 Å². The van der Waals surface area contributed by atoms with Crippen molar-refractivity contribution in [1.82, 2.24) is 0 Å². The molecule has 4 fully saturated rings. The predicted molar refractivity (Wildman–Crippen MR) is 112 cm³/mol. The van der Waals surface area contributed by atoms with Crippen LogP contribution in [0.3, 0.4) is 0 Å². The molecule has 8 atom stereocenters. The number of ether oxygens (including phenoxy) is 1. The van der Waals surface area contributed by atoms with Crippen LogP contribution in [0.25, 0.3) is 0 Å². The zero-order chi connectivity index (χ0) is 20.2. The molecule has 0 amide bonds. The van der Waals surface area contributed by atoms with Crippen LogP contribution in [0.1, 0.15) is 97.8 Å². The Balaban J connectivity index is 1.45. The first-order chi connectivity index (χ1) is 13.2. The van der Waals surface area contributed by atoms with Gasteiger partial charge < -0.3 is 9.84 Å². The monoisotopic (exact) mass is 390 g/mol. The second-order valence-electron chi connectivity index (χ2n) is 11.6. The molecule has 0 aromatic heterocycles. The van der Waals surface area contributed by atoms with E-state index in [-0.39, 0.29) is 5.97 Å². The van der Waals surface area contributed by atoms with Crippen molar-refractivity contribution in [2.45, 2.75) is 103 Å². The van der Waals surface area contributed by atoms with Crippen LogP contribution in [-0.4, -0.2) is 23.8 Å². The van der Waals surface area contributed by atoms with Gasteiger partial charge in [-0.1, -0.05) is 13.8 Å². The van der Waals surface area contributed by atoms with Crippen molar-refractivity contribution >= 4 is 5.97 Å². The number of rotatable bonds is 4. The minimum atomic E-state index is -0.432. The largest absolute Gasteiger partial charge is 0.469 e. The third kappa shape index (κ3) is 3.34. The van der Waals surface area contributed by atoms with Crippen molar-refractivity contribution in [2.24, 2.45) is 40.4 Å². The number of hydrogen-bond acceptors (Lipinski definition) is 3. The van der Waals surface area contributed by atoms with Crippen LogP contribution < -0.4 is 0 Å². The van der Waals surface area contributed by atoms with Gasteiger partial charge in [0.05, 0.1) is 12.7 Å². The molecule has 0 spiro atoms. The molecule has 4 saturated carbocycles. The van der Waals surface area contributed by atoms with Crippen LogP contribution in [0.4, 0.5) is 0 Å². The van der Waals surface area contributed by atoms with Gasteiger partial charge in [0, 0.05) is 6.42 Å². The first-order valence-corrected chi connectivity index (χ1v) is 12.0. The van der Waals surface area contributed by atoms with Crippen molar-refractivity contribution in [3.8, 4) is 0 Å². The average Bonchev–Trinajstić information content (AvgIpc) is 2.98. The molecule has 3 nitrogen and oxygen atoms in total. The van der Waals surface area contributed by atoms with Crippen LogP contribution in [-0.2, 0) is 9.53 Å². The summed E-state index contributed by atoms with van der Waals surface area (Å²) in [6.45, 7) is 7.23. The molecule has 0 aliphatic heterocycles. The first kappa shape index (κ1) is 20.7. The molecule has 0 bridgehead atoms. The maximum absolute atomic E-state index is 11.5. The maximum atomic E-state index is 11.5. The van der Waals surface area contributed by atoms with Gasteiger partial charge in [0.15, 0.2) is 0 Å². The smallest absolute Gasteiger partial charge is 0.305 e. The summed E-state index contributed by atoms with van der Waals surface area (Å²) in [5.41, 5.74) is 0.508. The second-order valence-corrected chi connectivity index (χ2v) is 11.6. The Kier molecular flexibility index (Phi) is 5.39. The fourth-order valence-corrected chi connectivity index (χ4v) is 8.61. The van der Waals surface area contributed by atoms with Gasteiger partial charge in [-0.2, -0.15) is 0 Å². The van der Waals surface area contributed by atoms with Gasteiger partial charge >= 0.3 is 5.97 Å². The number of carbonyl (C=O) groups is 1. The Labute approximate surface area is 172 Å². The van der Waals surface area contributed by atoms with Gasteiger partial charge in [-0.15, -0.1) is 0 Å². The number of esters is 1. The van der Waals surface area contributed by atoms with E-state index in [1.165, 1.54) is 58.5 Å². The molecule has 4 aliphatic carbocycles. The fraction of sp³-hybridized carbons (Fsp3) is 0.960. The molecule has 1 N–H and O–H groups in total. The summed E-state index contributed by atoms with van der Waals surface area (Å²) in [5, 5.41) is 10.7. The number of methoxy groups -OCH3 is 1. The molecule has 0 radical (unpaired) electrons. The van der Waals surface area contributed by atoms with E-state index in [1.54, 1.807) is 0 Å². The van der Waals surface area contributed by atoms with Gasteiger partial charge in [0.25, 0.3) is 0 Å². The first-order valence-electron chi connectivity index (χ1n) is 12.0. The lowest BCUT2D eigenvalue weighted by molar-refractivity contribution is -0.146. The highest BCUT2D eigenvalue weighted by Gasteiger charge is 2.60. The van der Waals surface area contributed by atoms with Crippen molar-refractivity contribution < 1.29 is 14.6 Å². The zero-order valence-corrected chi connectivity index (χ0v) is 18.6. The van der Waals surface area contributed by atoms with Gasteiger partial charge in [-0.3, -0.25) is 4.79 Å². The normalized spacial score (nSPS) is 50.4. The van der Waals surface area contributed by atoms with E-state index in [2.05, 4.69) is 20.8 Å². The molecule has 160 valence electrons. The van der Waals surface area contributed by atoms with E-state index >= 15 is 0 Å². The minimum absolute atomic E-state index is 0.0529. The van der Waals surface area contributed by atoms with Crippen LogP contribution in [0.2, 0.25) is 0 Å². The number of fused-ring (bicyclic) bond motifs is 5. The topological polar surface area (TPSA) is 46.5 Å². The Morgan fingerprint density at radius 3 is 2.46 bits per heavy atom. The Morgan fingerprint density at radius 1 is 0.964 bits per heavy atom. The Morgan fingerprint density at radius 2 is 1.71 bits per heavy atom. The van der Waals surface area contributed by atoms with Gasteiger partial charge in [-0.25, -0.2) is 0 Å². The summed E-state index contributed by atoms with van der Waals surface area (Å²) in [6.07, 6.45) is 14.2. The number of hydrogen-bond donors (Lipinski definition) is 1. The third-order valence-corrected chi connectivity index (χ3v) is 10.3. The highest BCUT2D eigenvalue weighted by Crippen LogP contribution is 2.68. The Bertz CT molecular complexity index is 599. The molecule has 0 saturated heterocycles. The maximum Gasteiger partial charge on any atom is 0.305 e. The lowest BCUT2D eigenvalue weighted by atomic mass is 9.44. The molecule has 7 unspecified atom stereocenters. The van der Waals surface area contributed by atoms with E-state index < -0.39 is 5.60 Å². The quantitative estimate of drug-likeness (QED) is 0.623. The van der Waals surface area contributed by atoms with Crippen molar-refractivity contribution in [3.05, 3.63) is 0 Å².